The summed E-state index contributed by atoms with van der Waals surface area (Å²) in [6.07, 6.45) is 7.40. The maximum Gasteiger partial charge on any atom is 0.307 e. The maximum absolute atomic E-state index is 12.5. The zero-order valence-corrected chi connectivity index (χ0v) is 11.5. The van der Waals surface area contributed by atoms with Gasteiger partial charge in [-0.3, -0.25) is 9.59 Å². The number of amides is 1. The fourth-order valence-corrected chi connectivity index (χ4v) is 3.46. The lowest BCUT2D eigenvalue weighted by Gasteiger charge is -2.36. The summed E-state index contributed by atoms with van der Waals surface area (Å²) in [5.41, 5.74) is 0. The van der Waals surface area contributed by atoms with Gasteiger partial charge >= 0.3 is 5.97 Å². The molecule has 3 saturated carbocycles. The lowest BCUT2D eigenvalue weighted by molar-refractivity contribution is -0.143. The first-order valence-electron chi connectivity index (χ1n) is 7.63. The van der Waals surface area contributed by atoms with Gasteiger partial charge in [-0.2, -0.15) is 0 Å². The quantitative estimate of drug-likeness (QED) is 0.848. The van der Waals surface area contributed by atoms with Gasteiger partial charge in [0.1, 0.15) is 0 Å². The van der Waals surface area contributed by atoms with Gasteiger partial charge in [0.15, 0.2) is 0 Å². The van der Waals surface area contributed by atoms with Crippen LogP contribution in [0.4, 0.5) is 0 Å². The van der Waals surface area contributed by atoms with Crippen molar-refractivity contribution in [2.75, 3.05) is 0 Å². The topological polar surface area (TPSA) is 57.6 Å². The Hall–Kier alpha value is -1.06. The first kappa shape index (κ1) is 12.9. The number of rotatable bonds is 4. The van der Waals surface area contributed by atoms with Crippen molar-refractivity contribution < 1.29 is 14.7 Å². The van der Waals surface area contributed by atoms with Crippen molar-refractivity contribution in [2.24, 2.45) is 17.8 Å². The molecule has 3 aliphatic carbocycles. The first-order chi connectivity index (χ1) is 9.08. The monoisotopic (exact) mass is 265 g/mol. The van der Waals surface area contributed by atoms with Gasteiger partial charge in [-0.1, -0.05) is 6.92 Å². The molecular formula is C15H23NO3. The molecule has 3 aliphatic rings. The van der Waals surface area contributed by atoms with E-state index in [0.29, 0.717) is 18.5 Å². The number of carboxylic acids is 1. The van der Waals surface area contributed by atoms with Crippen LogP contribution in [0.5, 0.6) is 0 Å². The Morgan fingerprint density at radius 1 is 0.947 bits per heavy atom. The molecule has 0 bridgehead atoms. The van der Waals surface area contributed by atoms with E-state index in [4.69, 9.17) is 5.11 Å². The van der Waals surface area contributed by atoms with Crippen LogP contribution in [-0.4, -0.2) is 34.0 Å². The molecule has 0 radical (unpaired) electrons. The molecule has 0 aromatic heterocycles. The zero-order chi connectivity index (χ0) is 13.6. The Morgan fingerprint density at radius 2 is 1.47 bits per heavy atom. The third-order valence-corrected chi connectivity index (χ3v) is 5.00. The fraction of sp³-hybridized carbons (Fsp3) is 0.867. The zero-order valence-electron chi connectivity index (χ0n) is 11.5. The Labute approximate surface area is 114 Å². The van der Waals surface area contributed by atoms with E-state index in [0.717, 1.165) is 31.6 Å². The van der Waals surface area contributed by atoms with Crippen LogP contribution in [0.2, 0.25) is 0 Å². The van der Waals surface area contributed by atoms with Crippen molar-refractivity contribution in [1.29, 1.82) is 0 Å². The summed E-state index contributed by atoms with van der Waals surface area (Å²) in [6, 6.07) is 0.798. The average molecular weight is 265 g/mol. The highest BCUT2D eigenvalue weighted by Crippen LogP contribution is 2.44. The normalized spacial score (nSPS) is 37.7. The highest BCUT2D eigenvalue weighted by molar-refractivity contribution is 5.90. The second kappa shape index (κ2) is 4.80. The van der Waals surface area contributed by atoms with E-state index < -0.39 is 11.9 Å². The predicted octanol–water partition coefficient (Wildman–Crippen LogP) is 2.28. The van der Waals surface area contributed by atoms with Gasteiger partial charge in [0.05, 0.1) is 11.8 Å². The minimum Gasteiger partial charge on any atom is -0.481 e. The molecule has 1 N–H and O–H groups in total. The molecule has 0 aromatic carbocycles. The van der Waals surface area contributed by atoms with Gasteiger partial charge in [-0.25, -0.2) is 0 Å². The van der Waals surface area contributed by atoms with E-state index in [9.17, 15) is 9.59 Å². The minimum atomic E-state index is -0.800. The molecule has 0 heterocycles. The Morgan fingerprint density at radius 3 is 1.89 bits per heavy atom. The Balaban J connectivity index is 1.65. The third kappa shape index (κ3) is 2.63. The first-order valence-corrected chi connectivity index (χ1v) is 7.63. The van der Waals surface area contributed by atoms with E-state index in [1.54, 1.807) is 0 Å². The number of carbonyl (C=O) groups is 2. The summed E-state index contributed by atoms with van der Waals surface area (Å²) in [7, 11) is 0. The van der Waals surface area contributed by atoms with Gasteiger partial charge in [-0.15, -0.1) is 0 Å². The van der Waals surface area contributed by atoms with Crippen LogP contribution in [0, 0.1) is 17.8 Å². The summed E-state index contributed by atoms with van der Waals surface area (Å²) in [5, 5.41) is 8.98. The average Bonchev–Trinajstić information content (AvgIpc) is 3.25. The number of hydrogen-bond acceptors (Lipinski definition) is 2. The highest BCUT2D eigenvalue weighted by Gasteiger charge is 2.52. The van der Waals surface area contributed by atoms with Crippen molar-refractivity contribution >= 4 is 11.9 Å². The molecule has 4 nitrogen and oxygen atoms in total. The molecule has 3 rings (SSSR count). The van der Waals surface area contributed by atoms with E-state index in [1.807, 2.05) is 0 Å². The summed E-state index contributed by atoms with van der Waals surface area (Å²) in [4.78, 5) is 25.6. The third-order valence-electron chi connectivity index (χ3n) is 5.00. The standard InChI is InChI=1S/C15H23NO3/c1-9-2-4-10(5-3-9)16(11-6-7-11)14(17)12-8-13(12)15(18)19/h9-13H,2-8H2,1H3,(H,18,19). The van der Waals surface area contributed by atoms with Crippen LogP contribution >= 0.6 is 0 Å². The van der Waals surface area contributed by atoms with Crippen LogP contribution in [0.25, 0.3) is 0 Å². The van der Waals surface area contributed by atoms with Crippen molar-refractivity contribution in [3.8, 4) is 0 Å². The molecule has 0 aromatic rings. The predicted molar refractivity (Wildman–Crippen MR) is 70.5 cm³/mol. The second-order valence-electron chi connectivity index (χ2n) is 6.68. The Bertz CT molecular complexity index is 383. The van der Waals surface area contributed by atoms with Crippen molar-refractivity contribution in [1.82, 2.24) is 4.90 Å². The van der Waals surface area contributed by atoms with Gasteiger partial charge in [-0.05, 0) is 50.9 Å². The van der Waals surface area contributed by atoms with E-state index in [2.05, 4.69) is 11.8 Å². The number of aliphatic carboxylic acids is 1. The number of nitrogens with zero attached hydrogens (tertiary/aromatic N) is 1. The molecule has 3 fully saturated rings. The lowest BCUT2D eigenvalue weighted by atomic mass is 9.86. The van der Waals surface area contributed by atoms with Crippen LogP contribution in [-0.2, 0) is 9.59 Å². The van der Waals surface area contributed by atoms with Crippen molar-refractivity contribution in [3.63, 3.8) is 0 Å². The molecule has 1 amide bonds. The largest absolute Gasteiger partial charge is 0.481 e. The second-order valence-corrected chi connectivity index (χ2v) is 6.68. The van der Waals surface area contributed by atoms with E-state index >= 15 is 0 Å². The molecule has 2 unspecified atom stereocenters. The van der Waals surface area contributed by atoms with Crippen molar-refractivity contribution in [3.05, 3.63) is 0 Å². The molecule has 4 heteroatoms. The van der Waals surface area contributed by atoms with Gasteiger partial charge in [0.2, 0.25) is 5.91 Å². The van der Waals surface area contributed by atoms with Crippen LogP contribution in [0.1, 0.15) is 51.9 Å². The Kier molecular flexibility index (Phi) is 3.27. The number of hydrogen-bond donors (Lipinski definition) is 1. The summed E-state index contributed by atoms with van der Waals surface area (Å²) >= 11 is 0. The number of carboxylic acid groups (broad SMARTS) is 1. The van der Waals surface area contributed by atoms with Gasteiger partial charge < -0.3 is 10.0 Å². The SMILES string of the molecule is CC1CCC(N(C(=O)C2CC2C(=O)O)C2CC2)CC1. The van der Waals surface area contributed by atoms with Crippen LogP contribution in [0.3, 0.4) is 0 Å². The van der Waals surface area contributed by atoms with Crippen LogP contribution < -0.4 is 0 Å². The summed E-state index contributed by atoms with van der Waals surface area (Å²) < 4.78 is 0. The highest BCUT2D eigenvalue weighted by atomic mass is 16.4. The van der Waals surface area contributed by atoms with Gasteiger partial charge in [0, 0.05) is 12.1 Å². The fourth-order valence-electron chi connectivity index (χ4n) is 3.46. The lowest BCUT2D eigenvalue weighted by Crippen LogP contribution is -2.44. The molecule has 0 spiro atoms. The van der Waals surface area contributed by atoms with Crippen molar-refractivity contribution in [2.45, 2.75) is 64.0 Å². The van der Waals surface area contributed by atoms with E-state index in [1.165, 1.54) is 12.8 Å². The molecule has 0 aliphatic heterocycles. The van der Waals surface area contributed by atoms with Gasteiger partial charge in [0.25, 0.3) is 0 Å². The minimum absolute atomic E-state index is 0.134. The molecular weight excluding hydrogens is 242 g/mol. The van der Waals surface area contributed by atoms with E-state index in [-0.39, 0.29) is 11.8 Å². The van der Waals surface area contributed by atoms with Crippen LogP contribution in [0.15, 0.2) is 0 Å². The molecule has 0 saturated heterocycles. The molecule has 19 heavy (non-hydrogen) atoms. The smallest absolute Gasteiger partial charge is 0.307 e. The molecule has 2 atom stereocenters. The summed E-state index contributed by atoms with van der Waals surface area (Å²) in [5.74, 6) is -0.519. The summed E-state index contributed by atoms with van der Waals surface area (Å²) in [6.45, 7) is 2.28. The number of carbonyl (C=O) groups excluding carboxylic acids is 1. The molecule has 106 valence electrons. The maximum atomic E-state index is 12.5.